The zero-order valence-corrected chi connectivity index (χ0v) is 17.5. The van der Waals surface area contributed by atoms with Crippen LogP contribution in [0.15, 0.2) is 29.3 Å². The molecule has 0 unspecified atom stereocenters. The molecule has 0 bridgehead atoms. The lowest BCUT2D eigenvalue weighted by Crippen LogP contribution is -2.07. The number of aromatic nitrogens is 4. The molecule has 6 nitrogen and oxygen atoms in total. The van der Waals surface area contributed by atoms with E-state index < -0.39 is 21.7 Å². The van der Waals surface area contributed by atoms with Crippen LogP contribution < -0.4 is 0 Å². The Hall–Kier alpha value is -2.31. The predicted octanol–water partition coefficient (Wildman–Crippen LogP) is 4.72. The number of pyridine rings is 1. The van der Waals surface area contributed by atoms with E-state index in [9.17, 15) is 21.6 Å². The van der Waals surface area contributed by atoms with Crippen molar-refractivity contribution in [2.75, 3.05) is 5.75 Å². The molecular weight excluding hydrogens is 445 g/mol. The Kier molecular flexibility index (Phi) is 4.55. The number of benzene rings is 1. The van der Waals surface area contributed by atoms with Crippen molar-refractivity contribution in [1.29, 1.82) is 0 Å². The van der Waals surface area contributed by atoms with Crippen molar-refractivity contribution in [2.45, 2.75) is 18.0 Å². The summed E-state index contributed by atoms with van der Waals surface area (Å²) in [7, 11) is -2.04. The van der Waals surface area contributed by atoms with Crippen LogP contribution in [0.1, 0.15) is 12.6 Å². The van der Waals surface area contributed by atoms with E-state index in [2.05, 4.69) is 15.0 Å². The number of alkyl halides is 3. The summed E-state index contributed by atoms with van der Waals surface area (Å²) in [6.07, 6.45) is -3.52. The van der Waals surface area contributed by atoms with Gasteiger partial charge in [0.15, 0.2) is 13.8 Å². The van der Waals surface area contributed by atoms with E-state index in [1.54, 1.807) is 13.1 Å². The highest BCUT2D eigenvalue weighted by Crippen LogP contribution is 2.36. The fourth-order valence-corrected chi connectivity index (χ4v) is 5.28. The molecule has 0 saturated carbocycles. The quantitative estimate of drug-likeness (QED) is 0.450. The number of nitrogens with zero attached hydrogens (tertiary/aromatic N) is 3. The molecule has 12 heteroatoms. The number of nitrogens with one attached hydrogen (secondary N) is 1. The molecule has 0 atom stereocenters. The molecular formula is C17H13F3N4O2S3. The summed E-state index contributed by atoms with van der Waals surface area (Å²) in [5.74, 6) is 0.0921. The van der Waals surface area contributed by atoms with E-state index in [4.69, 9.17) is 12.2 Å². The van der Waals surface area contributed by atoms with E-state index in [0.717, 1.165) is 17.0 Å². The van der Waals surface area contributed by atoms with Gasteiger partial charge in [0.1, 0.15) is 11.5 Å². The Morgan fingerprint density at radius 3 is 2.66 bits per heavy atom. The fourth-order valence-electron chi connectivity index (χ4n) is 3.05. The van der Waals surface area contributed by atoms with Crippen molar-refractivity contribution in [3.05, 3.63) is 34.0 Å². The highest BCUT2D eigenvalue weighted by atomic mass is 32.2. The third-order valence-corrected chi connectivity index (χ3v) is 7.50. The smallest absolute Gasteiger partial charge is 0.337 e. The first-order chi connectivity index (χ1) is 13.5. The summed E-state index contributed by atoms with van der Waals surface area (Å²) in [5.41, 5.74) is 0.253. The molecule has 0 aliphatic rings. The molecule has 0 saturated heterocycles. The lowest BCUT2D eigenvalue weighted by molar-refractivity contribution is -0.141. The molecule has 3 aromatic heterocycles. The van der Waals surface area contributed by atoms with Crippen LogP contribution in [0.25, 0.3) is 32.6 Å². The van der Waals surface area contributed by atoms with Crippen molar-refractivity contribution >= 4 is 54.6 Å². The first-order valence-corrected chi connectivity index (χ1v) is 11.2. The molecule has 0 fully saturated rings. The number of aryl methyl sites for hydroxylation is 1. The van der Waals surface area contributed by atoms with Gasteiger partial charge >= 0.3 is 6.18 Å². The second-order valence-corrected chi connectivity index (χ2v) is 10.3. The van der Waals surface area contributed by atoms with E-state index in [1.807, 2.05) is 0 Å². The Morgan fingerprint density at radius 1 is 1.28 bits per heavy atom. The third-order valence-electron chi connectivity index (χ3n) is 4.53. The third kappa shape index (κ3) is 3.34. The van der Waals surface area contributed by atoms with Crippen LogP contribution in [0.4, 0.5) is 13.2 Å². The lowest BCUT2D eigenvalue weighted by Gasteiger charge is -2.10. The lowest BCUT2D eigenvalue weighted by atomic mass is 10.2. The Bertz CT molecular complexity index is 1430. The molecule has 0 spiro atoms. The first-order valence-electron chi connectivity index (χ1n) is 8.31. The number of H-pyrrole nitrogens is 1. The second-order valence-electron chi connectivity index (χ2n) is 6.31. The number of hydrogen-bond donors (Lipinski definition) is 1. The first kappa shape index (κ1) is 20.0. The van der Waals surface area contributed by atoms with Gasteiger partial charge in [0.2, 0.25) is 0 Å². The minimum absolute atomic E-state index is 0.0407. The largest absolute Gasteiger partial charge is 0.433 e. The van der Waals surface area contributed by atoms with Crippen molar-refractivity contribution < 1.29 is 21.6 Å². The van der Waals surface area contributed by atoms with Gasteiger partial charge in [0.05, 0.1) is 38.1 Å². The van der Waals surface area contributed by atoms with Crippen LogP contribution in [0.5, 0.6) is 0 Å². The van der Waals surface area contributed by atoms with Gasteiger partial charge in [-0.2, -0.15) is 13.2 Å². The van der Waals surface area contributed by atoms with Crippen molar-refractivity contribution in [3.8, 4) is 11.4 Å². The second kappa shape index (κ2) is 6.61. The maximum atomic E-state index is 13.0. The van der Waals surface area contributed by atoms with Crippen molar-refractivity contribution in [3.63, 3.8) is 0 Å². The zero-order valence-electron chi connectivity index (χ0n) is 15.0. The van der Waals surface area contributed by atoms with Gasteiger partial charge in [-0.1, -0.05) is 6.92 Å². The zero-order chi connectivity index (χ0) is 21.1. The summed E-state index contributed by atoms with van der Waals surface area (Å²) in [6, 6.07) is 3.99. The summed E-state index contributed by atoms with van der Waals surface area (Å²) in [5, 5.41) is 0. The molecule has 4 aromatic rings. The monoisotopic (exact) mass is 458 g/mol. The summed E-state index contributed by atoms with van der Waals surface area (Å²) in [4.78, 5) is 10.8. The van der Waals surface area contributed by atoms with Gasteiger partial charge in [-0.15, -0.1) is 11.3 Å². The summed E-state index contributed by atoms with van der Waals surface area (Å²) < 4.78 is 67.2. The Morgan fingerprint density at radius 2 is 2.00 bits per heavy atom. The predicted molar refractivity (Wildman–Crippen MR) is 107 cm³/mol. The number of fused-ring (bicyclic) bond motifs is 2. The molecule has 0 aliphatic heterocycles. The van der Waals surface area contributed by atoms with Crippen molar-refractivity contribution in [1.82, 2.24) is 19.5 Å². The van der Waals surface area contributed by atoms with E-state index in [1.165, 1.54) is 28.9 Å². The average molecular weight is 459 g/mol. The molecule has 3 heterocycles. The minimum atomic E-state index is -4.60. The Labute approximate surface area is 172 Å². The average Bonchev–Trinajstić information content (AvgIpc) is 3.18. The molecule has 0 radical (unpaired) electrons. The molecule has 29 heavy (non-hydrogen) atoms. The van der Waals surface area contributed by atoms with E-state index >= 15 is 0 Å². The molecule has 0 amide bonds. The van der Waals surface area contributed by atoms with Gasteiger partial charge in [-0.25, -0.2) is 18.4 Å². The molecule has 1 aromatic carbocycles. The normalized spacial score (nSPS) is 12.9. The fraction of sp³-hybridized carbons (Fsp3) is 0.235. The van der Waals surface area contributed by atoms with Crippen LogP contribution in [0.3, 0.4) is 0 Å². The molecule has 1 N–H and O–H groups in total. The number of halogens is 3. The van der Waals surface area contributed by atoms with Gasteiger partial charge in [0.25, 0.3) is 0 Å². The van der Waals surface area contributed by atoms with Gasteiger partial charge < -0.3 is 9.55 Å². The van der Waals surface area contributed by atoms with Gasteiger partial charge in [0, 0.05) is 12.6 Å². The number of sulfone groups is 1. The highest BCUT2D eigenvalue weighted by molar-refractivity contribution is 7.91. The van der Waals surface area contributed by atoms with Crippen LogP contribution >= 0.6 is 23.6 Å². The van der Waals surface area contributed by atoms with Gasteiger partial charge in [-0.05, 0) is 30.4 Å². The standard InChI is InChI=1S/C17H13F3N4O2S3/c1-3-29(25,26)13-5-10-12(28-16(27)23-10)4-8(13)15-22-9-6-14(17(18,19)20)21-7-11(9)24(15)2/h4-7H,3H2,1-2H3,(H,23,27). The maximum absolute atomic E-state index is 13.0. The maximum Gasteiger partial charge on any atom is 0.433 e. The number of rotatable bonds is 3. The SMILES string of the molecule is CCS(=O)(=O)c1cc2[nH]c(=S)sc2cc1-c1nc2cc(C(F)(F)F)ncc2n1C. The van der Waals surface area contributed by atoms with Crippen LogP contribution in [0, 0.1) is 3.95 Å². The van der Waals surface area contributed by atoms with Crippen molar-refractivity contribution in [2.24, 2.45) is 7.05 Å². The summed E-state index contributed by atoms with van der Waals surface area (Å²) >= 11 is 6.42. The number of hydrogen-bond acceptors (Lipinski definition) is 6. The highest BCUT2D eigenvalue weighted by Gasteiger charge is 2.33. The molecule has 4 rings (SSSR count). The van der Waals surface area contributed by atoms with Crippen LogP contribution in [0.2, 0.25) is 0 Å². The number of aromatic amines is 1. The van der Waals surface area contributed by atoms with Gasteiger partial charge in [-0.3, -0.25) is 0 Å². The number of imidazole rings is 1. The molecule has 152 valence electrons. The van der Waals surface area contributed by atoms with Crippen LogP contribution in [-0.4, -0.2) is 33.7 Å². The van der Waals surface area contributed by atoms with Crippen LogP contribution in [-0.2, 0) is 23.1 Å². The topological polar surface area (TPSA) is 80.6 Å². The van der Waals surface area contributed by atoms with E-state index in [-0.39, 0.29) is 22.0 Å². The molecule has 0 aliphatic carbocycles. The number of thiazole rings is 1. The minimum Gasteiger partial charge on any atom is -0.337 e. The Balaban J connectivity index is 2.05. The summed E-state index contributed by atoms with van der Waals surface area (Å²) in [6.45, 7) is 1.52. The van der Waals surface area contributed by atoms with E-state index in [0.29, 0.717) is 20.6 Å².